The van der Waals surface area contributed by atoms with E-state index < -0.39 is 66.2 Å². The molecule has 13 heteroatoms. The zero-order valence-corrected chi connectivity index (χ0v) is 21.5. The Balaban J connectivity index is 3.14. The summed E-state index contributed by atoms with van der Waals surface area (Å²) in [5.41, 5.74) is 11.8. The highest BCUT2D eigenvalue weighted by molar-refractivity contribution is 5.94. The van der Waals surface area contributed by atoms with Crippen molar-refractivity contribution >= 4 is 35.6 Å². The number of hydrogen-bond acceptors (Lipinski definition) is 7. The summed E-state index contributed by atoms with van der Waals surface area (Å²) in [6.07, 6.45) is -0.794. The molecule has 1 aromatic carbocycles. The number of aliphatic carboxylic acids is 2. The van der Waals surface area contributed by atoms with Crippen LogP contribution in [0.5, 0.6) is 0 Å². The minimum Gasteiger partial charge on any atom is -0.481 e. The van der Waals surface area contributed by atoms with E-state index in [0.717, 1.165) is 0 Å². The largest absolute Gasteiger partial charge is 0.481 e. The summed E-state index contributed by atoms with van der Waals surface area (Å²) >= 11 is 0. The lowest BCUT2D eigenvalue weighted by molar-refractivity contribution is -0.143. The second-order valence-electron chi connectivity index (χ2n) is 9.06. The Morgan fingerprint density at radius 1 is 0.816 bits per heavy atom. The zero-order valence-electron chi connectivity index (χ0n) is 21.5. The molecule has 0 heterocycles. The van der Waals surface area contributed by atoms with Gasteiger partial charge in [0.2, 0.25) is 23.6 Å². The molecular formula is C25H37N5O8. The summed E-state index contributed by atoms with van der Waals surface area (Å²) < 4.78 is 0. The topological polar surface area (TPSA) is 231 Å². The van der Waals surface area contributed by atoms with Gasteiger partial charge in [-0.15, -0.1) is 0 Å². The highest BCUT2D eigenvalue weighted by Crippen LogP contribution is 2.09. The van der Waals surface area contributed by atoms with Crippen molar-refractivity contribution in [3.05, 3.63) is 35.9 Å². The molecule has 210 valence electrons. The van der Waals surface area contributed by atoms with Crippen LogP contribution in [0.4, 0.5) is 0 Å². The van der Waals surface area contributed by atoms with Crippen LogP contribution in [0, 0.1) is 5.92 Å². The Labute approximate surface area is 220 Å². The Kier molecular flexibility index (Phi) is 13.5. The third kappa shape index (κ3) is 11.4. The molecule has 0 aliphatic carbocycles. The van der Waals surface area contributed by atoms with Crippen molar-refractivity contribution in [2.24, 2.45) is 17.4 Å². The first-order valence-electron chi connectivity index (χ1n) is 12.3. The minimum absolute atomic E-state index is 0.0509. The summed E-state index contributed by atoms with van der Waals surface area (Å²) in [6, 6.07) is 3.78. The van der Waals surface area contributed by atoms with E-state index in [1.807, 2.05) is 6.92 Å². The Hall–Kier alpha value is -4.00. The summed E-state index contributed by atoms with van der Waals surface area (Å²) in [7, 11) is 0. The first-order valence-corrected chi connectivity index (χ1v) is 12.3. The van der Waals surface area contributed by atoms with Crippen LogP contribution in [0.1, 0.15) is 51.5 Å². The molecule has 38 heavy (non-hydrogen) atoms. The third-order valence-corrected chi connectivity index (χ3v) is 6.05. The number of carboxylic acids is 2. The van der Waals surface area contributed by atoms with E-state index >= 15 is 0 Å². The number of carboxylic acid groups (broad SMARTS) is 2. The van der Waals surface area contributed by atoms with Gasteiger partial charge in [-0.1, -0.05) is 50.6 Å². The fourth-order valence-electron chi connectivity index (χ4n) is 3.46. The van der Waals surface area contributed by atoms with Gasteiger partial charge in [0.25, 0.3) is 0 Å². The molecule has 0 aromatic heterocycles. The Bertz CT molecular complexity index is 987. The molecule has 1 aromatic rings. The Morgan fingerprint density at radius 3 is 1.87 bits per heavy atom. The minimum atomic E-state index is -1.49. The maximum Gasteiger partial charge on any atom is 0.326 e. The first-order chi connectivity index (χ1) is 17.8. The summed E-state index contributed by atoms with van der Waals surface area (Å²) in [6.45, 7) is 3.66. The van der Waals surface area contributed by atoms with Crippen molar-refractivity contribution in [1.29, 1.82) is 0 Å². The molecule has 0 aliphatic rings. The second kappa shape index (κ2) is 16.0. The number of primary amides is 1. The fourth-order valence-corrected chi connectivity index (χ4v) is 3.46. The quantitative estimate of drug-likeness (QED) is 0.133. The molecule has 0 fully saturated rings. The van der Waals surface area contributed by atoms with E-state index in [1.54, 1.807) is 37.3 Å². The normalized spacial score (nSPS) is 14.7. The number of carbonyl (C=O) groups is 6. The molecule has 0 radical (unpaired) electrons. The Morgan fingerprint density at radius 2 is 1.34 bits per heavy atom. The van der Waals surface area contributed by atoms with E-state index in [4.69, 9.17) is 16.6 Å². The van der Waals surface area contributed by atoms with Crippen LogP contribution in [0.15, 0.2) is 30.3 Å². The standard InChI is InChI=1S/C25H37N5O8/c1-3-14(2)21(27)24(36)30-18(13-15-7-5-4-6-8-15)23(35)28-16(10-12-20(32)33)22(34)29-17(25(37)38)9-11-19(26)31/h4-8,14,16-18,21H,3,9-13,27H2,1-2H3,(H2,26,31)(H,28,35)(H,29,34)(H,30,36)(H,32,33)(H,37,38). The van der Waals surface area contributed by atoms with E-state index in [0.29, 0.717) is 12.0 Å². The third-order valence-electron chi connectivity index (χ3n) is 6.05. The molecule has 13 nitrogen and oxygen atoms in total. The van der Waals surface area contributed by atoms with Crippen molar-refractivity contribution < 1.29 is 39.0 Å². The molecule has 9 N–H and O–H groups in total. The van der Waals surface area contributed by atoms with Gasteiger partial charge < -0.3 is 37.6 Å². The van der Waals surface area contributed by atoms with Gasteiger partial charge in [-0.05, 0) is 24.3 Å². The van der Waals surface area contributed by atoms with E-state index in [2.05, 4.69) is 16.0 Å². The highest BCUT2D eigenvalue weighted by atomic mass is 16.4. The van der Waals surface area contributed by atoms with Gasteiger partial charge in [0.15, 0.2) is 0 Å². The number of amides is 4. The number of rotatable bonds is 17. The lowest BCUT2D eigenvalue weighted by Gasteiger charge is -2.26. The lowest BCUT2D eigenvalue weighted by Crippen LogP contribution is -2.58. The second-order valence-corrected chi connectivity index (χ2v) is 9.06. The number of nitrogens with one attached hydrogen (secondary N) is 3. The number of carbonyl (C=O) groups excluding carboxylic acids is 4. The lowest BCUT2D eigenvalue weighted by atomic mass is 9.98. The van der Waals surface area contributed by atoms with Crippen molar-refractivity contribution in [3.63, 3.8) is 0 Å². The molecule has 0 saturated heterocycles. The maximum atomic E-state index is 13.3. The molecular weight excluding hydrogens is 498 g/mol. The number of nitrogens with two attached hydrogens (primary N) is 2. The zero-order chi connectivity index (χ0) is 28.8. The van der Waals surface area contributed by atoms with E-state index in [9.17, 15) is 33.9 Å². The number of benzene rings is 1. The predicted molar refractivity (Wildman–Crippen MR) is 136 cm³/mol. The van der Waals surface area contributed by atoms with Gasteiger partial charge in [0, 0.05) is 19.3 Å². The van der Waals surface area contributed by atoms with Crippen LogP contribution in [-0.4, -0.2) is 69.9 Å². The van der Waals surface area contributed by atoms with E-state index in [1.165, 1.54) is 0 Å². The first kappa shape index (κ1) is 32.0. The van der Waals surface area contributed by atoms with Gasteiger partial charge >= 0.3 is 11.9 Å². The van der Waals surface area contributed by atoms with Crippen molar-refractivity contribution in [3.8, 4) is 0 Å². The van der Waals surface area contributed by atoms with Crippen molar-refractivity contribution in [2.45, 2.75) is 76.5 Å². The number of hydrogen-bond donors (Lipinski definition) is 7. The van der Waals surface area contributed by atoms with Crippen LogP contribution < -0.4 is 27.4 Å². The van der Waals surface area contributed by atoms with Crippen LogP contribution >= 0.6 is 0 Å². The van der Waals surface area contributed by atoms with Crippen LogP contribution in [0.2, 0.25) is 0 Å². The fraction of sp³-hybridized carbons (Fsp3) is 0.520. The average molecular weight is 536 g/mol. The van der Waals surface area contributed by atoms with E-state index in [-0.39, 0.29) is 31.6 Å². The molecule has 1 rings (SSSR count). The van der Waals surface area contributed by atoms with Gasteiger partial charge in [0.05, 0.1) is 6.04 Å². The predicted octanol–water partition coefficient (Wildman–Crippen LogP) is -0.728. The summed E-state index contributed by atoms with van der Waals surface area (Å²) in [5, 5.41) is 25.7. The molecule has 5 unspecified atom stereocenters. The van der Waals surface area contributed by atoms with Crippen LogP contribution in [0.3, 0.4) is 0 Å². The highest BCUT2D eigenvalue weighted by Gasteiger charge is 2.31. The molecule has 0 saturated carbocycles. The maximum absolute atomic E-state index is 13.3. The van der Waals surface area contributed by atoms with Crippen LogP contribution in [-0.2, 0) is 35.2 Å². The molecule has 5 atom stereocenters. The van der Waals surface area contributed by atoms with Crippen molar-refractivity contribution in [2.75, 3.05) is 0 Å². The summed E-state index contributed by atoms with van der Waals surface area (Å²) in [5.74, 6) is -5.93. The smallest absolute Gasteiger partial charge is 0.326 e. The van der Waals surface area contributed by atoms with Gasteiger partial charge in [-0.2, -0.15) is 0 Å². The average Bonchev–Trinajstić information content (AvgIpc) is 2.87. The van der Waals surface area contributed by atoms with Gasteiger partial charge in [-0.3, -0.25) is 24.0 Å². The van der Waals surface area contributed by atoms with Gasteiger partial charge in [-0.25, -0.2) is 4.79 Å². The molecule has 4 amide bonds. The summed E-state index contributed by atoms with van der Waals surface area (Å²) in [4.78, 5) is 72.6. The SMILES string of the molecule is CCC(C)C(N)C(=O)NC(Cc1ccccc1)C(=O)NC(CCC(=O)O)C(=O)NC(CCC(N)=O)C(=O)O. The molecule has 0 spiro atoms. The molecule has 0 aliphatic heterocycles. The van der Waals surface area contributed by atoms with Gasteiger partial charge in [0.1, 0.15) is 18.1 Å². The monoisotopic (exact) mass is 535 g/mol. The molecule has 0 bridgehead atoms. The van der Waals surface area contributed by atoms with Crippen LogP contribution in [0.25, 0.3) is 0 Å². The van der Waals surface area contributed by atoms with Crippen molar-refractivity contribution in [1.82, 2.24) is 16.0 Å².